The predicted octanol–water partition coefficient (Wildman–Crippen LogP) is 2.78. The van der Waals surface area contributed by atoms with Crippen molar-refractivity contribution in [2.75, 3.05) is 11.9 Å². The van der Waals surface area contributed by atoms with Gasteiger partial charge in [0, 0.05) is 6.04 Å². The summed E-state index contributed by atoms with van der Waals surface area (Å²) in [5, 5.41) is 7.46. The number of ether oxygens (including phenoxy) is 1. The lowest BCUT2D eigenvalue weighted by Crippen LogP contribution is -2.51. The van der Waals surface area contributed by atoms with Gasteiger partial charge in [0.2, 0.25) is 0 Å². The van der Waals surface area contributed by atoms with E-state index in [-0.39, 0.29) is 24.0 Å². The second kappa shape index (κ2) is 5.81. The average molecular weight is 329 g/mol. The van der Waals surface area contributed by atoms with Crippen LogP contribution in [0.25, 0.3) is 11.0 Å². The van der Waals surface area contributed by atoms with Crippen LogP contribution in [0.15, 0.2) is 28.8 Å². The van der Waals surface area contributed by atoms with Gasteiger partial charge >= 0.3 is 12.0 Å². The van der Waals surface area contributed by atoms with Gasteiger partial charge in [-0.2, -0.15) is 0 Å². The van der Waals surface area contributed by atoms with Crippen LogP contribution >= 0.6 is 0 Å². The molecule has 2 heterocycles. The molecular weight excluding hydrogens is 310 g/mol. The van der Waals surface area contributed by atoms with E-state index in [9.17, 15) is 9.59 Å². The number of esters is 1. The van der Waals surface area contributed by atoms with Crippen LogP contribution in [-0.2, 0) is 9.53 Å². The number of urea groups is 1. The number of hydrogen-bond acceptors (Lipinski definition) is 5. The molecule has 1 aromatic carbocycles. The fourth-order valence-electron chi connectivity index (χ4n) is 3.95. The fraction of sp³-hybridized carbons (Fsp3) is 0.471. The number of piperidine rings is 1. The summed E-state index contributed by atoms with van der Waals surface area (Å²) in [4.78, 5) is 26.7. The standard InChI is InChI=1S/C17H19N3O4/c1-2-23-16(21)14-10-7-8-11(9-10)20(14)17(22)18-15-12-5-3-4-6-13(12)24-19-15/h3-6,10-11,14H,2,7-9H2,1H3,(H,18,19,22). The molecule has 1 aliphatic carbocycles. The number of nitrogens with zero attached hydrogens (tertiary/aromatic N) is 2. The van der Waals surface area contributed by atoms with Crippen LogP contribution in [0, 0.1) is 5.92 Å². The predicted molar refractivity (Wildman–Crippen MR) is 86.4 cm³/mol. The maximum absolute atomic E-state index is 12.8. The molecule has 2 bridgehead atoms. The molecule has 1 N–H and O–H groups in total. The zero-order valence-electron chi connectivity index (χ0n) is 13.4. The number of fused-ring (bicyclic) bond motifs is 3. The molecule has 1 saturated heterocycles. The maximum Gasteiger partial charge on any atom is 0.329 e. The minimum atomic E-state index is -0.498. The van der Waals surface area contributed by atoms with Crippen LogP contribution in [0.4, 0.5) is 10.6 Å². The molecule has 1 saturated carbocycles. The lowest BCUT2D eigenvalue weighted by atomic mass is 9.99. The number of rotatable bonds is 3. The third-order valence-electron chi connectivity index (χ3n) is 4.95. The molecule has 2 aromatic rings. The maximum atomic E-state index is 12.8. The SMILES string of the molecule is CCOC(=O)C1C2CCC(C2)N1C(=O)Nc1noc2ccccc12. The summed E-state index contributed by atoms with van der Waals surface area (Å²) in [6, 6.07) is 6.59. The van der Waals surface area contributed by atoms with Crippen LogP contribution in [0.1, 0.15) is 26.2 Å². The van der Waals surface area contributed by atoms with E-state index in [2.05, 4.69) is 10.5 Å². The Hall–Kier alpha value is -2.57. The summed E-state index contributed by atoms with van der Waals surface area (Å²) in [6.45, 7) is 2.09. The topological polar surface area (TPSA) is 84.7 Å². The van der Waals surface area contributed by atoms with E-state index in [0.717, 1.165) is 24.6 Å². The second-order valence-electron chi connectivity index (χ2n) is 6.29. The Bertz CT molecular complexity index is 787. The molecule has 0 radical (unpaired) electrons. The number of carbonyl (C=O) groups is 2. The summed E-state index contributed by atoms with van der Waals surface area (Å²) >= 11 is 0. The first kappa shape index (κ1) is 15.0. The Morgan fingerprint density at radius 2 is 2.21 bits per heavy atom. The van der Waals surface area contributed by atoms with Gasteiger partial charge < -0.3 is 14.2 Å². The number of benzene rings is 1. The molecule has 7 heteroatoms. The van der Waals surface area contributed by atoms with Gasteiger partial charge in [0.15, 0.2) is 11.4 Å². The van der Waals surface area contributed by atoms with Crippen molar-refractivity contribution in [1.29, 1.82) is 0 Å². The first-order chi connectivity index (χ1) is 11.7. The van der Waals surface area contributed by atoms with Gasteiger partial charge in [0.05, 0.1) is 12.0 Å². The number of carbonyl (C=O) groups excluding carboxylic acids is 2. The quantitative estimate of drug-likeness (QED) is 0.875. The minimum absolute atomic E-state index is 0.0857. The van der Waals surface area contributed by atoms with Crippen molar-refractivity contribution in [2.45, 2.75) is 38.3 Å². The molecule has 2 aliphatic rings. The Kier molecular flexibility index (Phi) is 3.63. The zero-order chi connectivity index (χ0) is 16.7. The number of likely N-dealkylation sites (tertiary alicyclic amines) is 1. The molecule has 0 spiro atoms. The lowest BCUT2D eigenvalue weighted by molar-refractivity contribution is -0.149. The smallest absolute Gasteiger partial charge is 0.329 e. The highest BCUT2D eigenvalue weighted by molar-refractivity contribution is 5.99. The van der Waals surface area contributed by atoms with Crippen LogP contribution in [0.5, 0.6) is 0 Å². The van der Waals surface area contributed by atoms with Gasteiger partial charge in [-0.1, -0.05) is 17.3 Å². The number of anilines is 1. The molecular formula is C17H19N3O4. The Labute approximate surface area is 138 Å². The van der Waals surface area contributed by atoms with Crippen molar-refractivity contribution in [3.63, 3.8) is 0 Å². The molecule has 1 aromatic heterocycles. The van der Waals surface area contributed by atoms with Gasteiger partial charge in [-0.25, -0.2) is 9.59 Å². The van der Waals surface area contributed by atoms with Crippen molar-refractivity contribution < 1.29 is 18.8 Å². The van der Waals surface area contributed by atoms with Crippen LogP contribution in [0.2, 0.25) is 0 Å². The number of amides is 2. The number of para-hydroxylation sites is 1. The summed E-state index contributed by atoms with van der Waals surface area (Å²) in [5.41, 5.74) is 0.609. The van der Waals surface area contributed by atoms with Crippen LogP contribution < -0.4 is 5.32 Å². The molecule has 2 amide bonds. The Morgan fingerprint density at radius 3 is 3.04 bits per heavy atom. The second-order valence-corrected chi connectivity index (χ2v) is 6.29. The minimum Gasteiger partial charge on any atom is -0.464 e. The molecule has 7 nitrogen and oxygen atoms in total. The van der Waals surface area contributed by atoms with Gasteiger partial charge in [0.1, 0.15) is 6.04 Å². The highest BCUT2D eigenvalue weighted by Crippen LogP contribution is 2.43. The van der Waals surface area contributed by atoms with Crippen molar-refractivity contribution >= 4 is 28.8 Å². The third-order valence-corrected chi connectivity index (χ3v) is 4.95. The van der Waals surface area contributed by atoms with E-state index < -0.39 is 6.04 Å². The number of hydrogen-bond donors (Lipinski definition) is 1. The fourth-order valence-corrected chi connectivity index (χ4v) is 3.95. The molecule has 2 fully saturated rings. The monoisotopic (exact) mass is 329 g/mol. The molecule has 3 atom stereocenters. The Balaban J connectivity index is 1.57. The zero-order valence-corrected chi connectivity index (χ0v) is 13.4. The summed E-state index contributed by atoms with van der Waals surface area (Å²) in [5.74, 6) is 0.250. The summed E-state index contributed by atoms with van der Waals surface area (Å²) < 4.78 is 10.4. The summed E-state index contributed by atoms with van der Waals surface area (Å²) in [6.07, 6.45) is 2.74. The van der Waals surface area contributed by atoms with Gasteiger partial charge in [-0.05, 0) is 44.2 Å². The molecule has 126 valence electrons. The van der Waals surface area contributed by atoms with E-state index in [1.807, 2.05) is 18.2 Å². The highest BCUT2D eigenvalue weighted by Gasteiger charge is 2.52. The van der Waals surface area contributed by atoms with Crippen molar-refractivity contribution in [2.24, 2.45) is 5.92 Å². The Morgan fingerprint density at radius 1 is 1.38 bits per heavy atom. The van der Waals surface area contributed by atoms with Gasteiger partial charge in [-0.15, -0.1) is 0 Å². The van der Waals surface area contributed by atoms with Gasteiger partial charge in [-0.3, -0.25) is 5.32 Å². The number of nitrogens with one attached hydrogen (secondary N) is 1. The van der Waals surface area contributed by atoms with E-state index in [1.54, 1.807) is 17.9 Å². The van der Waals surface area contributed by atoms with Crippen LogP contribution in [-0.4, -0.2) is 40.7 Å². The van der Waals surface area contributed by atoms with Crippen molar-refractivity contribution in [3.8, 4) is 0 Å². The van der Waals surface area contributed by atoms with E-state index in [1.165, 1.54) is 0 Å². The van der Waals surface area contributed by atoms with E-state index in [4.69, 9.17) is 9.26 Å². The number of aromatic nitrogens is 1. The first-order valence-corrected chi connectivity index (χ1v) is 8.29. The third kappa shape index (κ3) is 2.31. The lowest BCUT2D eigenvalue weighted by Gasteiger charge is -2.33. The summed E-state index contributed by atoms with van der Waals surface area (Å²) in [7, 11) is 0. The molecule has 1 aliphatic heterocycles. The van der Waals surface area contributed by atoms with Crippen molar-refractivity contribution in [3.05, 3.63) is 24.3 Å². The van der Waals surface area contributed by atoms with Crippen molar-refractivity contribution in [1.82, 2.24) is 10.1 Å². The molecule has 24 heavy (non-hydrogen) atoms. The molecule has 4 rings (SSSR count). The van der Waals surface area contributed by atoms with Gasteiger partial charge in [0.25, 0.3) is 0 Å². The largest absolute Gasteiger partial charge is 0.464 e. The molecule has 3 unspecified atom stereocenters. The first-order valence-electron chi connectivity index (χ1n) is 8.29. The average Bonchev–Trinajstić information content (AvgIpc) is 3.29. The van der Waals surface area contributed by atoms with E-state index >= 15 is 0 Å². The van der Waals surface area contributed by atoms with E-state index in [0.29, 0.717) is 18.0 Å². The highest BCUT2D eigenvalue weighted by atomic mass is 16.5. The normalized spacial score (nSPS) is 25.2. The van der Waals surface area contributed by atoms with Crippen LogP contribution in [0.3, 0.4) is 0 Å².